The summed E-state index contributed by atoms with van der Waals surface area (Å²) < 4.78 is 10.5. The van der Waals surface area contributed by atoms with E-state index < -0.39 is 29.7 Å². The van der Waals surface area contributed by atoms with Crippen LogP contribution in [-0.4, -0.2) is 51.5 Å². The molecule has 0 aliphatic carbocycles. The number of rotatable bonds is 2. The zero-order valence-electron chi connectivity index (χ0n) is 15.6. The molecule has 2 N–H and O–H groups in total. The first-order valence-corrected chi connectivity index (χ1v) is 8.32. The van der Waals surface area contributed by atoms with Crippen molar-refractivity contribution in [3.8, 4) is 0 Å². The maximum absolute atomic E-state index is 12.5. The predicted octanol–water partition coefficient (Wildman–Crippen LogP) is 2.28. The van der Waals surface area contributed by atoms with E-state index in [4.69, 9.17) is 9.26 Å². The lowest BCUT2D eigenvalue weighted by Crippen LogP contribution is -2.45. The number of aromatic nitrogens is 1. The summed E-state index contributed by atoms with van der Waals surface area (Å²) in [4.78, 5) is 26.1. The van der Waals surface area contributed by atoms with Gasteiger partial charge < -0.3 is 19.7 Å². The number of hydrogen-bond acceptors (Lipinski definition) is 6. The number of anilines is 1. The largest absolute Gasteiger partial charge is 0.444 e. The summed E-state index contributed by atoms with van der Waals surface area (Å²) in [6.45, 7) is 11.2. The third kappa shape index (κ3) is 4.94. The zero-order chi connectivity index (χ0) is 19.0. The molecule has 0 bridgehead atoms. The Morgan fingerprint density at radius 3 is 2.48 bits per heavy atom. The second kappa shape index (κ2) is 6.67. The lowest BCUT2D eigenvalue weighted by Gasteiger charge is -2.27. The number of β-amino-alcohol motifs (C(OH)–C–C–N with tert-alkyl or cyclic N) is 1. The zero-order valence-corrected chi connectivity index (χ0v) is 15.6. The molecule has 1 saturated heterocycles. The monoisotopic (exact) mass is 353 g/mol. The number of likely N-dealkylation sites (tertiary alicyclic amines) is 1. The van der Waals surface area contributed by atoms with Crippen molar-refractivity contribution in [2.45, 2.75) is 71.1 Å². The molecule has 0 aromatic carbocycles. The van der Waals surface area contributed by atoms with Crippen LogP contribution in [0.2, 0.25) is 0 Å². The highest BCUT2D eigenvalue weighted by atomic mass is 16.6. The van der Waals surface area contributed by atoms with E-state index in [0.29, 0.717) is 5.76 Å². The van der Waals surface area contributed by atoms with Gasteiger partial charge in [0.2, 0.25) is 5.91 Å². The molecule has 0 saturated carbocycles. The summed E-state index contributed by atoms with van der Waals surface area (Å²) in [5.41, 5.74) is -0.915. The van der Waals surface area contributed by atoms with Gasteiger partial charge in [-0.05, 0) is 20.8 Å². The normalized spacial score (nSPS) is 21.3. The van der Waals surface area contributed by atoms with Crippen LogP contribution in [0, 0.1) is 0 Å². The van der Waals surface area contributed by atoms with Gasteiger partial charge in [-0.2, -0.15) is 0 Å². The van der Waals surface area contributed by atoms with E-state index in [-0.39, 0.29) is 24.2 Å². The van der Waals surface area contributed by atoms with Crippen LogP contribution in [0.1, 0.15) is 53.7 Å². The number of aliphatic hydroxyl groups is 1. The molecule has 0 radical (unpaired) electrons. The molecule has 2 rings (SSSR count). The van der Waals surface area contributed by atoms with Crippen LogP contribution < -0.4 is 5.32 Å². The van der Waals surface area contributed by atoms with Gasteiger partial charge in [0.1, 0.15) is 17.4 Å². The number of nitrogens with zero attached hydrogens (tertiary/aromatic N) is 2. The molecule has 1 aromatic rings. The molecule has 1 aromatic heterocycles. The second-order valence-corrected chi connectivity index (χ2v) is 8.35. The molecule has 0 spiro atoms. The standard InChI is InChI=1S/C17H27N3O5/c1-16(2,3)12-8-13(19-25-12)18-14(22)11-7-10(21)9-20(11)15(23)24-17(4,5)6/h8,10-11,21H,7,9H2,1-6H3,(H,18,19,22). The molecule has 1 fully saturated rings. The van der Waals surface area contributed by atoms with Crippen molar-refractivity contribution < 1.29 is 24.0 Å². The van der Waals surface area contributed by atoms with E-state index in [1.165, 1.54) is 4.90 Å². The topological polar surface area (TPSA) is 105 Å². The van der Waals surface area contributed by atoms with Gasteiger partial charge in [0.05, 0.1) is 12.6 Å². The van der Waals surface area contributed by atoms with Gasteiger partial charge in [-0.15, -0.1) is 0 Å². The van der Waals surface area contributed by atoms with Gasteiger partial charge in [-0.25, -0.2) is 4.79 Å². The smallest absolute Gasteiger partial charge is 0.411 e. The Balaban J connectivity index is 2.08. The molecule has 8 heteroatoms. The number of amides is 2. The Labute approximate surface area is 147 Å². The van der Waals surface area contributed by atoms with Gasteiger partial charge >= 0.3 is 6.09 Å². The molecule has 2 unspecified atom stereocenters. The molecular weight excluding hydrogens is 326 g/mol. The highest BCUT2D eigenvalue weighted by Crippen LogP contribution is 2.26. The van der Waals surface area contributed by atoms with E-state index in [0.717, 1.165) is 0 Å². The number of nitrogens with one attached hydrogen (secondary N) is 1. The minimum absolute atomic E-state index is 0.0546. The third-order valence-electron chi connectivity index (χ3n) is 3.71. The number of ether oxygens (including phenoxy) is 1. The van der Waals surface area contributed by atoms with Gasteiger partial charge in [-0.3, -0.25) is 9.69 Å². The Morgan fingerprint density at radius 1 is 1.32 bits per heavy atom. The molecule has 1 aliphatic heterocycles. The Hall–Kier alpha value is -2.09. The number of carbonyl (C=O) groups excluding carboxylic acids is 2. The molecule has 1 aliphatic rings. The maximum Gasteiger partial charge on any atom is 0.411 e. The van der Waals surface area contributed by atoms with Crippen molar-refractivity contribution >= 4 is 17.8 Å². The Morgan fingerprint density at radius 2 is 1.96 bits per heavy atom. The molecular formula is C17H27N3O5. The van der Waals surface area contributed by atoms with Crippen LogP contribution in [0.3, 0.4) is 0 Å². The van der Waals surface area contributed by atoms with Crippen LogP contribution in [-0.2, 0) is 14.9 Å². The summed E-state index contributed by atoms with van der Waals surface area (Å²) in [5, 5.41) is 16.4. The summed E-state index contributed by atoms with van der Waals surface area (Å²) in [6, 6.07) is 0.834. The minimum Gasteiger partial charge on any atom is -0.444 e. The van der Waals surface area contributed by atoms with Crippen molar-refractivity contribution in [3.05, 3.63) is 11.8 Å². The van der Waals surface area contributed by atoms with Crippen molar-refractivity contribution in [1.29, 1.82) is 0 Å². The van der Waals surface area contributed by atoms with Crippen LogP contribution >= 0.6 is 0 Å². The van der Waals surface area contributed by atoms with Crippen molar-refractivity contribution in [2.75, 3.05) is 11.9 Å². The first-order chi connectivity index (χ1) is 11.4. The minimum atomic E-state index is -0.820. The summed E-state index contributed by atoms with van der Waals surface area (Å²) >= 11 is 0. The van der Waals surface area contributed by atoms with E-state index in [1.54, 1.807) is 26.8 Å². The molecule has 140 valence electrons. The van der Waals surface area contributed by atoms with Gasteiger partial charge in [0.15, 0.2) is 5.82 Å². The highest BCUT2D eigenvalue weighted by Gasteiger charge is 2.41. The van der Waals surface area contributed by atoms with E-state index in [9.17, 15) is 14.7 Å². The first-order valence-electron chi connectivity index (χ1n) is 8.32. The van der Waals surface area contributed by atoms with Crippen LogP contribution in [0.5, 0.6) is 0 Å². The number of hydrogen-bond donors (Lipinski definition) is 2. The number of carbonyl (C=O) groups is 2. The fourth-order valence-corrected chi connectivity index (χ4v) is 2.48. The Kier molecular flexibility index (Phi) is 5.13. The van der Waals surface area contributed by atoms with Gasteiger partial charge in [0, 0.05) is 17.9 Å². The maximum atomic E-state index is 12.5. The highest BCUT2D eigenvalue weighted by molar-refractivity contribution is 5.96. The molecule has 25 heavy (non-hydrogen) atoms. The molecule has 8 nitrogen and oxygen atoms in total. The Bertz CT molecular complexity index is 641. The average Bonchev–Trinajstić information content (AvgIpc) is 3.02. The van der Waals surface area contributed by atoms with E-state index in [2.05, 4.69) is 10.5 Å². The summed E-state index contributed by atoms with van der Waals surface area (Å²) in [5.74, 6) is 0.481. The second-order valence-electron chi connectivity index (χ2n) is 8.35. The number of aliphatic hydroxyl groups excluding tert-OH is 1. The van der Waals surface area contributed by atoms with E-state index in [1.807, 2.05) is 20.8 Å². The van der Waals surface area contributed by atoms with Gasteiger partial charge in [-0.1, -0.05) is 25.9 Å². The quantitative estimate of drug-likeness (QED) is 0.845. The molecule has 2 amide bonds. The lowest BCUT2D eigenvalue weighted by atomic mass is 9.93. The van der Waals surface area contributed by atoms with Crippen molar-refractivity contribution in [2.24, 2.45) is 0 Å². The fraction of sp³-hybridized carbons (Fsp3) is 0.706. The van der Waals surface area contributed by atoms with Gasteiger partial charge in [0.25, 0.3) is 0 Å². The molecule has 2 heterocycles. The van der Waals surface area contributed by atoms with E-state index >= 15 is 0 Å². The summed E-state index contributed by atoms with van der Waals surface area (Å²) in [6.07, 6.45) is -1.25. The predicted molar refractivity (Wildman–Crippen MR) is 91.2 cm³/mol. The SMILES string of the molecule is CC(C)(C)OC(=O)N1CC(O)CC1C(=O)Nc1cc(C(C)(C)C)on1. The first kappa shape index (κ1) is 19.2. The summed E-state index contributed by atoms with van der Waals surface area (Å²) in [7, 11) is 0. The molecule has 2 atom stereocenters. The van der Waals surface area contributed by atoms with Crippen LogP contribution in [0.15, 0.2) is 10.6 Å². The average molecular weight is 353 g/mol. The van der Waals surface area contributed by atoms with Crippen LogP contribution in [0.4, 0.5) is 10.6 Å². The fourth-order valence-electron chi connectivity index (χ4n) is 2.48. The third-order valence-corrected chi connectivity index (χ3v) is 3.71. The lowest BCUT2D eigenvalue weighted by molar-refractivity contribution is -0.120. The van der Waals surface area contributed by atoms with Crippen LogP contribution in [0.25, 0.3) is 0 Å². The van der Waals surface area contributed by atoms with Crippen molar-refractivity contribution in [1.82, 2.24) is 10.1 Å². The van der Waals surface area contributed by atoms with Crippen molar-refractivity contribution in [3.63, 3.8) is 0 Å².